The Hall–Kier alpha value is -1.98. The fraction of sp³-hybridized carbons (Fsp3) is 0.560. The SMILES string of the molecule is CCCc1cccc(Cl)c1.Cc1ncnc(N2CCNCC2)c1C(=N)C1CCCCC1. The normalized spacial score (nSPS) is 17.1. The highest BCUT2D eigenvalue weighted by Crippen LogP contribution is 2.30. The van der Waals surface area contributed by atoms with Crippen LogP contribution in [0.15, 0.2) is 30.6 Å². The van der Waals surface area contributed by atoms with Gasteiger partial charge in [-0.2, -0.15) is 0 Å². The van der Waals surface area contributed by atoms with Crippen LogP contribution in [0.2, 0.25) is 5.02 Å². The number of hydrogen-bond acceptors (Lipinski definition) is 5. The summed E-state index contributed by atoms with van der Waals surface area (Å²) >= 11 is 5.78. The van der Waals surface area contributed by atoms with E-state index in [2.05, 4.69) is 33.2 Å². The van der Waals surface area contributed by atoms with Crippen LogP contribution in [0.1, 0.15) is 62.3 Å². The molecule has 2 N–H and O–H groups in total. The van der Waals surface area contributed by atoms with Crippen LogP contribution in [-0.2, 0) is 6.42 Å². The fourth-order valence-corrected chi connectivity index (χ4v) is 4.68. The molecule has 5 nitrogen and oxygen atoms in total. The Balaban J connectivity index is 0.000000229. The van der Waals surface area contributed by atoms with Gasteiger partial charge in [0.25, 0.3) is 0 Å². The molecule has 1 saturated carbocycles. The average molecular weight is 442 g/mol. The Bertz CT molecular complexity index is 842. The number of rotatable bonds is 5. The van der Waals surface area contributed by atoms with Crippen LogP contribution in [0.4, 0.5) is 5.82 Å². The predicted molar refractivity (Wildman–Crippen MR) is 131 cm³/mol. The van der Waals surface area contributed by atoms with E-state index in [1.54, 1.807) is 6.33 Å². The van der Waals surface area contributed by atoms with Crippen LogP contribution < -0.4 is 10.2 Å². The first kappa shape index (κ1) is 23.7. The van der Waals surface area contributed by atoms with Gasteiger partial charge in [0.1, 0.15) is 12.1 Å². The molecular formula is C25H36ClN5. The highest BCUT2D eigenvalue weighted by molar-refractivity contribution is 6.30. The number of halogens is 1. The first-order chi connectivity index (χ1) is 15.1. The average Bonchev–Trinajstić information content (AvgIpc) is 2.80. The molecule has 0 spiro atoms. The van der Waals surface area contributed by atoms with Gasteiger partial charge in [0, 0.05) is 42.8 Å². The van der Waals surface area contributed by atoms with E-state index >= 15 is 0 Å². The van der Waals surface area contributed by atoms with Crippen molar-refractivity contribution in [3.63, 3.8) is 0 Å². The van der Waals surface area contributed by atoms with Gasteiger partial charge in [0.2, 0.25) is 0 Å². The molecule has 1 saturated heterocycles. The second-order valence-corrected chi connectivity index (χ2v) is 8.96. The van der Waals surface area contributed by atoms with Crippen molar-refractivity contribution >= 4 is 23.1 Å². The van der Waals surface area contributed by atoms with Crippen LogP contribution in [0.3, 0.4) is 0 Å². The minimum absolute atomic E-state index is 0.394. The minimum atomic E-state index is 0.394. The molecule has 0 atom stereocenters. The van der Waals surface area contributed by atoms with Crippen molar-refractivity contribution in [3.8, 4) is 0 Å². The molecule has 1 aliphatic heterocycles. The molecule has 31 heavy (non-hydrogen) atoms. The minimum Gasteiger partial charge on any atom is -0.353 e. The van der Waals surface area contributed by atoms with Crippen molar-refractivity contribution in [2.24, 2.45) is 5.92 Å². The summed E-state index contributed by atoms with van der Waals surface area (Å²) in [6.45, 7) is 8.07. The molecule has 0 bridgehead atoms. The third kappa shape index (κ3) is 6.75. The molecule has 6 heteroatoms. The number of nitrogens with one attached hydrogen (secondary N) is 2. The highest BCUT2D eigenvalue weighted by atomic mass is 35.5. The first-order valence-electron chi connectivity index (χ1n) is 11.7. The van der Waals surface area contributed by atoms with Gasteiger partial charge < -0.3 is 15.6 Å². The standard InChI is InChI=1S/C16H25N5.C9H11Cl/c1-12-14(15(17)13-5-3-2-4-6-13)16(20-11-19-12)21-9-7-18-8-10-21;1-2-4-8-5-3-6-9(10)7-8/h11,13,17-18H,2-10H2,1H3;3,5-7H,2,4H2,1H3. The van der Waals surface area contributed by atoms with Crippen molar-refractivity contribution in [2.45, 2.75) is 58.8 Å². The summed E-state index contributed by atoms with van der Waals surface area (Å²) in [7, 11) is 0. The molecule has 2 heterocycles. The number of aryl methyl sites for hydroxylation is 2. The quantitative estimate of drug-likeness (QED) is 0.606. The van der Waals surface area contributed by atoms with Crippen LogP contribution in [0.5, 0.6) is 0 Å². The number of hydrogen-bond donors (Lipinski definition) is 2. The maximum Gasteiger partial charge on any atom is 0.141 e. The lowest BCUT2D eigenvalue weighted by molar-refractivity contribution is 0.438. The van der Waals surface area contributed by atoms with Crippen LogP contribution in [0, 0.1) is 18.3 Å². The Kier molecular flexibility index (Phi) is 9.29. The van der Waals surface area contributed by atoms with Crippen molar-refractivity contribution in [2.75, 3.05) is 31.1 Å². The summed E-state index contributed by atoms with van der Waals surface area (Å²) in [4.78, 5) is 11.2. The van der Waals surface area contributed by atoms with E-state index in [9.17, 15) is 0 Å². The largest absolute Gasteiger partial charge is 0.353 e. The van der Waals surface area contributed by atoms with E-state index in [1.807, 2.05) is 25.1 Å². The number of piperazine rings is 1. The fourth-order valence-electron chi connectivity index (χ4n) is 4.47. The zero-order valence-electron chi connectivity index (χ0n) is 19.0. The Labute approximate surface area is 192 Å². The van der Waals surface area contributed by atoms with E-state index < -0.39 is 0 Å². The zero-order chi connectivity index (χ0) is 22.1. The first-order valence-corrected chi connectivity index (χ1v) is 12.1. The topological polar surface area (TPSA) is 64.9 Å². The number of nitrogens with zero attached hydrogens (tertiary/aromatic N) is 3. The van der Waals surface area contributed by atoms with E-state index in [1.165, 1.54) is 31.2 Å². The van der Waals surface area contributed by atoms with Gasteiger partial charge in [-0.1, -0.05) is 56.3 Å². The lowest BCUT2D eigenvalue weighted by atomic mass is 9.83. The summed E-state index contributed by atoms with van der Waals surface area (Å²) in [6.07, 6.45) is 10.1. The molecule has 0 unspecified atom stereocenters. The third-order valence-electron chi connectivity index (χ3n) is 6.14. The molecule has 2 aliphatic rings. The van der Waals surface area contributed by atoms with Gasteiger partial charge in [-0.3, -0.25) is 0 Å². The summed E-state index contributed by atoms with van der Waals surface area (Å²) in [5.41, 5.74) is 4.04. The second kappa shape index (κ2) is 12.2. The second-order valence-electron chi connectivity index (χ2n) is 8.52. The van der Waals surface area contributed by atoms with Crippen molar-refractivity contribution in [1.29, 1.82) is 5.41 Å². The number of aromatic nitrogens is 2. The summed E-state index contributed by atoms with van der Waals surface area (Å²) in [5, 5.41) is 12.9. The predicted octanol–water partition coefficient (Wildman–Crippen LogP) is 5.44. The van der Waals surface area contributed by atoms with E-state index in [0.29, 0.717) is 5.92 Å². The molecule has 1 aromatic heterocycles. The van der Waals surface area contributed by atoms with Gasteiger partial charge in [-0.05, 0) is 43.9 Å². The lowest BCUT2D eigenvalue weighted by Crippen LogP contribution is -2.44. The molecular weight excluding hydrogens is 406 g/mol. The van der Waals surface area contributed by atoms with Gasteiger partial charge in [0.15, 0.2) is 0 Å². The summed E-state index contributed by atoms with van der Waals surface area (Å²) in [5.74, 6) is 1.37. The summed E-state index contributed by atoms with van der Waals surface area (Å²) in [6, 6.07) is 8.02. The van der Waals surface area contributed by atoms with E-state index in [-0.39, 0.29) is 0 Å². The Morgan fingerprint density at radius 3 is 2.58 bits per heavy atom. The molecule has 2 fully saturated rings. The molecule has 4 rings (SSSR count). The molecule has 0 amide bonds. The molecule has 1 aromatic carbocycles. The maximum atomic E-state index is 8.70. The number of anilines is 1. The third-order valence-corrected chi connectivity index (χ3v) is 6.38. The van der Waals surface area contributed by atoms with Gasteiger partial charge in [0.05, 0.1) is 11.3 Å². The van der Waals surface area contributed by atoms with Gasteiger partial charge >= 0.3 is 0 Å². The number of benzene rings is 1. The monoisotopic (exact) mass is 441 g/mol. The smallest absolute Gasteiger partial charge is 0.141 e. The van der Waals surface area contributed by atoms with Crippen molar-refractivity contribution in [3.05, 3.63) is 52.4 Å². The van der Waals surface area contributed by atoms with Gasteiger partial charge in [-0.25, -0.2) is 9.97 Å². The van der Waals surface area contributed by atoms with Crippen LogP contribution >= 0.6 is 11.6 Å². The lowest BCUT2D eigenvalue weighted by Gasteiger charge is -2.31. The Morgan fingerprint density at radius 2 is 1.90 bits per heavy atom. The van der Waals surface area contributed by atoms with Crippen molar-refractivity contribution < 1.29 is 0 Å². The van der Waals surface area contributed by atoms with E-state index in [0.717, 1.165) is 73.3 Å². The van der Waals surface area contributed by atoms with Gasteiger partial charge in [-0.15, -0.1) is 0 Å². The van der Waals surface area contributed by atoms with Crippen LogP contribution in [-0.4, -0.2) is 41.9 Å². The Morgan fingerprint density at radius 1 is 1.16 bits per heavy atom. The molecule has 0 radical (unpaired) electrons. The van der Waals surface area contributed by atoms with E-state index in [4.69, 9.17) is 17.0 Å². The molecule has 1 aliphatic carbocycles. The maximum absolute atomic E-state index is 8.70. The van der Waals surface area contributed by atoms with Crippen molar-refractivity contribution in [1.82, 2.24) is 15.3 Å². The summed E-state index contributed by atoms with van der Waals surface area (Å²) < 4.78 is 0. The molecule has 168 valence electrons. The highest BCUT2D eigenvalue weighted by Gasteiger charge is 2.26. The van der Waals surface area contributed by atoms with Crippen LogP contribution in [0.25, 0.3) is 0 Å². The molecule has 2 aromatic rings. The zero-order valence-corrected chi connectivity index (χ0v) is 19.7.